The minimum absolute atomic E-state index is 0.0756. The Morgan fingerprint density at radius 2 is 2.05 bits per heavy atom. The van der Waals surface area contributed by atoms with Gasteiger partial charge < -0.3 is 15.4 Å². The van der Waals surface area contributed by atoms with Crippen molar-refractivity contribution in [1.29, 1.82) is 0 Å². The van der Waals surface area contributed by atoms with Gasteiger partial charge in [0.1, 0.15) is 5.75 Å². The maximum atomic E-state index is 12.0. The molecule has 0 saturated carbocycles. The van der Waals surface area contributed by atoms with Crippen LogP contribution in [0.4, 0.5) is 18.9 Å². The summed E-state index contributed by atoms with van der Waals surface area (Å²) < 4.78 is 41.0. The van der Waals surface area contributed by atoms with E-state index in [0.717, 1.165) is 11.3 Å². The van der Waals surface area contributed by atoms with E-state index in [9.17, 15) is 18.0 Å². The molecule has 19 heavy (non-hydrogen) atoms. The van der Waals surface area contributed by atoms with Crippen molar-refractivity contribution in [1.82, 2.24) is 5.32 Å². The van der Waals surface area contributed by atoms with Crippen LogP contribution in [0.3, 0.4) is 0 Å². The van der Waals surface area contributed by atoms with E-state index in [4.69, 9.17) is 4.74 Å². The van der Waals surface area contributed by atoms with Gasteiger partial charge in [0, 0.05) is 13.6 Å². The van der Waals surface area contributed by atoms with Crippen LogP contribution in [0.2, 0.25) is 0 Å². The Kier molecular flexibility index (Phi) is 5.02. The van der Waals surface area contributed by atoms with Crippen LogP contribution in [0, 0.1) is 0 Å². The summed E-state index contributed by atoms with van der Waals surface area (Å²) in [5.41, 5.74) is 1.54. The first-order chi connectivity index (χ1) is 8.88. The molecule has 0 heterocycles. The zero-order chi connectivity index (χ0) is 14.5. The molecule has 0 unspecified atom stereocenters. The molecule has 0 fully saturated rings. The zero-order valence-corrected chi connectivity index (χ0v) is 10.6. The summed E-state index contributed by atoms with van der Waals surface area (Å²) >= 11 is 0. The molecule has 0 spiro atoms. The largest absolute Gasteiger partial charge is 0.495 e. The molecule has 0 aliphatic carbocycles. The second-order valence-corrected chi connectivity index (χ2v) is 3.79. The molecule has 0 aliphatic heterocycles. The summed E-state index contributed by atoms with van der Waals surface area (Å²) in [6.45, 7) is -0.0756. The lowest BCUT2D eigenvalue weighted by Gasteiger charge is -2.11. The van der Waals surface area contributed by atoms with Gasteiger partial charge in [-0.1, -0.05) is 6.07 Å². The van der Waals surface area contributed by atoms with Gasteiger partial charge >= 0.3 is 12.1 Å². The quantitative estimate of drug-likeness (QED) is 0.864. The number of halogens is 3. The van der Waals surface area contributed by atoms with E-state index in [1.54, 1.807) is 25.2 Å². The number of carbonyl (C=O) groups is 1. The fourth-order valence-corrected chi connectivity index (χ4v) is 1.53. The van der Waals surface area contributed by atoms with E-state index in [1.807, 2.05) is 5.32 Å². The first-order valence-electron chi connectivity index (χ1n) is 5.58. The third-order valence-corrected chi connectivity index (χ3v) is 2.49. The van der Waals surface area contributed by atoms with Gasteiger partial charge in [-0.15, -0.1) is 0 Å². The number of ether oxygens (including phenoxy) is 1. The minimum Gasteiger partial charge on any atom is -0.495 e. The van der Waals surface area contributed by atoms with Crippen molar-refractivity contribution in [3.8, 4) is 5.75 Å². The summed E-state index contributed by atoms with van der Waals surface area (Å²) in [4.78, 5) is 10.6. The van der Waals surface area contributed by atoms with Crippen LogP contribution in [0.25, 0.3) is 0 Å². The number of methoxy groups -OCH3 is 1. The Balaban J connectivity index is 2.57. The van der Waals surface area contributed by atoms with Gasteiger partial charge in [0.25, 0.3) is 0 Å². The number of hydrogen-bond donors (Lipinski definition) is 2. The van der Waals surface area contributed by atoms with Gasteiger partial charge in [0.2, 0.25) is 0 Å². The Hall–Kier alpha value is -1.92. The highest BCUT2D eigenvalue weighted by molar-refractivity contribution is 5.81. The third-order valence-electron chi connectivity index (χ3n) is 2.49. The Labute approximate surface area is 108 Å². The van der Waals surface area contributed by atoms with Gasteiger partial charge in [0.15, 0.2) is 0 Å². The van der Waals surface area contributed by atoms with Crippen molar-refractivity contribution in [3.63, 3.8) is 0 Å². The zero-order valence-electron chi connectivity index (χ0n) is 10.6. The highest BCUT2D eigenvalue weighted by atomic mass is 19.4. The average Bonchev–Trinajstić information content (AvgIpc) is 2.37. The van der Waals surface area contributed by atoms with E-state index < -0.39 is 12.1 Å². The third kappa shape index (κ3) is 4.35. The Morgan fingerprint density at radius 3 is 2.58 bits per heavy atom. The SMILES string of the molecule is CNc1cc(CCNC(=O)C(F)(F)F)ccc1OC. The molecule has 2 N–H and O–H groups in total. The number of hydrogen-bond acceptors (Lipinski definition) is 3. The summed E-state index contributed by atoms with van der Waals surface area (Å²) in [5.74, 6) is -1.28. The van der Waals surface area contributed by atoms with E-state index in [-0.39, 0.29) is 6.54 Å². The smallest absolute Gasteiger partial charge is 0.471 e. The van der Waals surface area contributed by atoms with Crippen LogP contribution >= 0.6 is 0 Å². The molecular formula is C12H15F3N2O2. The molecule has 1 aromatic carbocycles. The van der Waals surface area contributed by atoms with Gasteiger partial charge in [-0.05, 0) is 24.1 Å². The molecule has 0 aliphatic rings. The number of amides is 1. The summed E-state index contributed by atoms with van der Waals surface area (Å²) in [5, 5.41) is 4.74. The molecule has 0 radical (unpaired) electrons. The molecule has 0 bridgehead atoms. The number of benzene rings is 1. The Bertz CT molecular complexity index is 447. The average molecular weight is 276 g/mol. The van der Waals surface area contributed by atoms with E-state index in [1.165, 1.54) is 7.11 Å². The molecule has 1 rings (SSSR count). The molecule has 1 amide bonds. The first-order valence-corrected chi connectivity index (χ1v) is 5.58. The highest BCUT2D eigenvalue weighted by Gasteiger charge is 2.38. The fraction of sp³-hybridized carbons (Fsp3) is 0.417. The topological polar surface area (TPSA) is 50.4 Å². The van der Waals surface area contributed by atoms with Crippen LogP contribution < -0.4 is 15.4 Å². The van der Waals surface area contributed by atoms with Crippen molar-refractivity contribution in [2.75, 3.05) is 26.0 Å². The van der Waals surface area contributed by atoms with Crippen molar-refractivity contribution in [3.05, 3.63) is 23.8 Å². The maximum absolute atomic E-state index is 12.0. The van der Waals surface area contributed by atoms with Crippen molar-refractivity contribution >= 4 is 11.6 Å². The van der Waals surface area contributed by atoms with Gasteiger partial charge in [-0.2, -0.15) is 13.2 Å². The van der Waals surface area contributed by atoms with Crippen molar-refractivity contribution in [2.45, 2.75) is 12.6 Å². The second-order valence-electron chi connectivity index (χ2n) is 3.79. The molecule has 0 aromatic heterocycles. The number of anilines is 1. The fourth-order valence-electron chi connectivity index (χ4n) is 1.53. The highest BCUT2D eigenvalue weighted by Crippen LogP contribution is 2.24. The monoisotopic (exact) mass is 276 g/mol. The van der Waals surface area contributed by atoms with E-state index in [0.29, 0.717) is 12.2 Å². The number of nitrogens with one attached hydrogen (secondary N) is 2. The van der Waals surface area contributed by atoms with Crippen molar-refractivity contribution in [2.24, 2.45) is 0 Å². The normalized spacial score (nSPS) is 11.0. The second kappa shape index (κ2) is 6.31. The standard InChI is InChI=1S/C12H15F3N2O2/c1-16-9-7-8(3-4-10(9)19-2)5-6-17-11(18)12(13,14)15/h3-4,7,16H,5-6H2,1-2H3,(H,17,18). The molecule has 4 nitrogen and oxygen atoms in total. The molecule has 106 valence electrons. The lowest BCUT2D eigenvalue weighted by Crippen LogP contribution is -2.37. The lowest BCUT2D eigenvalue weighted by molar-refractivity contribution is -0.173. The van der Waals surface area contributed by atoms with Gasteiger partial charge in [0.05, 0.1) is 12.8 Å². The number of rotatable bonds is 5. The van der Waals surface area contributed by atoms with Crippen LogP contribution in [0.1, 0.15) is 5.56 Å². The summed E-state index contributed by atoms with van der Waals surface area (Å²) in [6, 6.07) is 5.21. The number of alkyl halides is 3. The van der Waals surface area contributed by atoms with Crippen molar-refractivity contribution < 1.29 is 22.7 Å². The summed E-state index contributed by atoms with van der Waals surface area (Å²) in [7, 11) is 3.24. The lowest BCUT2D eigenvalue weighted by atomic mass is 10.1. The van der Waals surface area contributed by atoms with Crippen LogP contribution in [-0.4, -0.2) is 32.8 Å². The molecule has 1 aromatic rings. The predicted molar refractivity (Wildman–Crippen MR) is 65.3 cm³/mol. The van der Waals surface area contributed by atoms with E-state index >= 15 is 0 Å². The molecule has 0 saturated heterocycles. The maximum Gasteiger partial charge on any atom is 0.471 e. The molecule has 0 atom stereocenters. The molecule has 7 heteroatoms. The first kappa shape index (κ1) is 15.1. The van der Waals surface area contributed by atoms with Crippen LogP contribution in [0.5, 0.6) is 5.75 Å². The Morgan fingerprint density at radius 1 is 1.37 bits per heavy atom. The minimum atomic E-state index is -4.84. The number of carbonyl (C=O) groups excluding carboxylic acids is 1. The van der Waals surface area contributed by atoms with Crippen LogP contribution in [0.15, 0.2) is 18.2 Å². The van der Waals surface area contributed by atoms with Crippen LogP contribution in [-0.2, 0) is 11.2 Å². The van der Waals surface area contributed by atoms with Gasteiger partial charge in [-0.25, -0.2) is 0 Å². The van der Waals surface area contributed by atoms with E-state index in [2.05, 4.69) is 5.32 Å². The van der Waals surface area contributed by atoms with Gasteiger partial charge in [-0.3, -0.25) is 4.79 Å². The summed E-state index contributed by atoms with van der Waals surface area (Å²) in [6.07, 6.45) is -4.53. The predicted octanol–water partition coefficient (Wildman–Crippen LogP) is 1.96. The molecular weight excluding hydrogens is 261 g/mol.